The van der Waals surface area contributed by atoms with E-state index < -0.39 is 28.5 Å². The van der Waals surface area contributed by atoms with Gasteiger partial charge < -0.3 is 15.0 Å². The Hall–Kier alpha value is -3.85. The minimum atomic E-state index is -4.17. The summed E-state index contributed by atoms with van der Waals surface area (Å²) in [6, 6.07) is 21.7. The van der Waals surface area contributed by atoms with Gasteiger partial charge in [-0.05, 0) is 57.0 Å². The normalized spacial score (nSPS) is 11.9. The summed E-state index contributed by atoms with van der Waals surface area (Å²) in [7, 11) is -4.17. The molecule has 40 heavy (non-hydrogen) atoms. The van der Waals surface area contributed by atoms with Crippen LogP contribution in [0.2, 0.25) is 0 Å². The van der Waals surface area contributed by atoms with Gasteiger partial charge >= 0.3 is 0 Å². The zero-order chi connectivity index (χ0) is 29.1. The highest BCUT2D eigenvalue weighted by Gasteiger charge is 2.33. The quantitative estimate of drug-likeness (QED) is 0.280. The summed E-state index contributed by atoms with van der Waals surface area (Å²) in [4.78, 5) is 28.5. The van der Waals surface area contributed by atoms with Gasteiger partial charge in [-0.3, -0.25) is 13.9 Å². The molecule has 0 bridgehead atoms. The second kappa shape index (κ2) is 14.5. The van der Waals surface area contributed by atoms with E-state index in [0.717, 1.165) is 28.3 Å². The average molecular weight is 566 g/mol. The second-order valence-electron chi connectivity index (χ2n) is 9.55. The molecule has 0 saturated carbocycles. The lowest BCUT2D eigenvalue weighted by Crippen LogP contribution is -2.51. The van der Waals surface area contributed by atoms with Crippen LogP contribution < -0.4 is 14.4 Å². The molecule has 9 heteroatoms. The number of sulfonamides is 1. The van der Waals surface area contributed by atoms with E-state index in [2.05, 4.69) is 5.32 Å². The first-order valence-corrected chi connectivity index (χ1v) is 15.0. The number of rotatable bonds is 14. The number of carbonyl (C=O) groups is 2. The highest BCUT2D eigenvalue weighted by atomic mass is 32.2. The molecule has 3 aromatic rings. The lowest BCUT2D eigenvalue weighted by molar-refractivity contribution is -0.139. The smallest absolute Gasteiger partial charge is 0.264 e. The van der Waals surface area contributed by atoms with Crippen LogP contribution in [0, 0.1) is 6.92 Å². The van der Waals surface area contributed by atoms with Crippen molar-refractivity contribution in [3.05, 3.63) is 90.0 Å². The van der Waals surface area contributed by atoms with Crippen LogP contribution in [-0.4, -0.2) is 50.9 Å². The predicted molar refractivity (Wildman–Crippen MR) is 158 cm³/mol. The van der Waals surface area contributed by atoms with E-state index in [1.165, 1.54) is 17.0 Å². The molecule has 0 saturated heterocycles. The fourth-order valence-corrected chi connectivity index (χ4v) is 5.62. The number of amides is 2. The summed E-state index contributed by atoms with van der Waals surface area (Å²) >= 11 is 0. The largest absolute Gasteiger partial charge is 0.492 e. The Morgan fingerprint density at radius 1 is 0.925 bits per heavy atom. The molecule has 8 nitrogen and oxygen atoms in total. The molecule has 1 atom stereocenters. The number of hydrogen-bond donors (Lipinski definition) is 1. The van der Waals surface area contributed by atoms with Crippen LogP contribution in [0.5, 0.6) is 5.75 Å². The van der Waals surface area contributed by atoms with Gasteiger partial charge in [0.25, 0.3) is 10.0 Å². The summed E-state index contributed by atoms with van der Waals surface area (Å²) in [5, 5.41) is 2.89. The average Bonchev–Trinajstić information content (AvgIpc) is 2.95. The summed E-state index contributed by atoms with van der Waals surface area (Å²) in [6.45, 7) is 7.82. The number of hydrogen-bond acceptors (Lipinski definition) is 5. The number of aryl methyl sites for hydroxylation is 1. The zero-order valence-electron chi connectivity index (χ0n) is 23.7. The van der Waals surface area contributed by atoms with Gasteiger partial charge in [-0.15, -0.1) is 0 Å². The summed E-state index contributed by atoms with van der Waals surface area (Å²) < 4.78 is 34.9. The van der Waals surface area contributed by atoms with Crippen LogP contribution in [0.25, 0.3) is 0 Å². The molecule has 0 spiro atoms. The van der Waals surface area contributed by atoms with Crippen molar-refractivity contribution >= 4 is 27.5 Å². The zero-order valence-corrected chi connectivity index (χ0v) is 24.5. The van der Waals surface area contributed by atoms with Crippen LogP contribution in [0.4, 0.5) is 5.69 Å². The van der Waals surface area contributed by atoms with Crippen molar-refractivity contribution in [3.8, 4) is 5.75 Å². The van der Waals surface area contributed by atoms with E-state index in [1.807, 2.05) is 44.2 Å². The molecule has 0 aromatic heterocycles. The Balaban J connectivity index is 2.04. The van der Waals surface area contributed by atoms with Gasteiger partial charge in [-0.1, -0.05) is 73.5 Å². The van der Waals surface area contributed by atoms with Crippen molar-refractivity contribution in [1.82, 2.24) is 10.2 Å². The minimum absolute atomic E-state index is 0.0529. The fraction of sp³-hybridized carbons (Fsp3) is 0.355. The molecule has 214 valence electrons. The number of carbonyl (C=O) groups excluding carboxylic acids is 2. The van der Waals surface area contributed by atoms with Gasteiger partial charge in [-0.25, -0.2) is 8.42 Å². The number of nitrogens with zero attached hydrogens (tertiary/aromatic N) is 2. The molecular weight excluding hydrogens is 526 g/mol. The molecule has 3 rings (SSSR count). The highest BCUT2D eigenvalue weighted by Crippen LogP contribution is 2.33. The number of benzene rings is 3. The van der Waals surface area contributed by atoms with Crippen LogP contribution in [-0.2, 0) is 26.2 Å². The Bertz CT molecular complexity index is 1360. The number of anilines is 1. The van der Waals surface area contributed by atoms with Gasteiger partial charge in [0.2, 0.25) is 11.8 Å². The Morgan fingerprint density at radius 2 is 1.57 bits per heavy atom. The van der Waals surface area contributed by atoms with E-state index in [0.29, 0.717) is 18.9 Å². The molecule has 3 aromatic carbocycles. The van der Waals surface area contributed by atoms with Crippen molar-refractivity contribution in [2.75, 3.05) is 24.0 Å². The molecule has 0 aliphatic rings. The van der Waals surface area contributed by atoms with Crippen molar-refractivity contribution < 1.29 is 22.7 Å². The van der Waals surface area contributed by atoms with E-state index in [4.69, 9.17) is 4.74 Å². The van der Waals surface area contributed by atoms with Crippen molar-refractivity contribution in [2.45, 2.75) is 58.0 Å². The number of ether oxygens (including phenoxy) is 1. The second-order valence-corrected chi connectivity index (χ2v) is 11.4. The molecule has 2 amide bonds. The van der Waals surface area contributed by atoms with Gasteiger partial charge in [0.15, 0.2) is 0 Å². The molecule has 0 unspecified atom stereocenters. The lowest BCUT2D eigenvalue weighted by atomic mass is 10.1. The molecule has 0 radical (unpaired) electrons. The monoisotopic (exact) mass is 565 g/mol. The topological polar surface area (TPSA) is 96.0 Å². The lowest BCUT2D eigenvalue weighted by Gasteiger charge is -2.32. The third-order valence-corrected chi connectivity index (χ3v) is 8.29. The van der Waals surface area contributed by atoms with Gasteiger partial charge in [0, 0.05) is 13.1 Å². The highest BCUT2D eigenvalue weighted by molar-refractivity contribution is 7.92. The van der Waals surface area contributed by atoms with Gasteiger partial charge in [0.1, 0.15) is 18.3 Å². The molecule has 0 aliphatic carbocycles. The van der Waals surface area contributed by atoms with E-state index in [1.54, 1.807) is 50.2 Å². The SMILES string of the molecule is CCCCNC(=O)[C@@H](C)N(Cc1ccccc1)C(=O)CN(c1ccccc1OCC)S(=O)(=O)c1ccc(C)cc1. The van der Waals surface area contributed by atoms with Crippen molar-refractivity contribution in [1.29, 1.82) is 0 Å². The van der Waals surface area contributed by atoms with Crippen LogP contribution in [0.3, 0.4) is 0 Å². The van der Waals surface area contributed by atoms with Gasteiger partial charge in [0.05, 0.1) is 17.2 Å². The molecule has 0 heterocycles. The maximum Gasteiger partial charge on any atom is 0.264 e. The Kier molecular flexibility index (Phi) is 11.1. The van der Waals surface area contributed by atoms with E-state index >= 15 is 0 Å². The maximum atomic E-state index is 14.0. The van der Waals surface area contributed by atoms with Crippen molar-refractivity contribution in [2.24, 2.45) is 0 Å². The standard InChI is InChI=1S/C31H39N3O5S/c1-5-7-21-32-31(36)25(4)33(22-26-13-9-8-10-14-26)30(35)23-34(28-15-11-12-16-29(28)39-6-2)40(37,38)27-19-17-24(3)18-20-27/h8-20,25H,5-7,21-23H2,1-4H3,(H,32,36)/t25-/m1/s1. The van der Waals surface area contributed by atoms with Crippen LogP contribution >= 0.6 is 0 Å². The predicted octanol–water partition coefficient (Wildman–Crippen LogP) is 4.92. The first-order chi connectivity index (χ1) is 19.2. The third-order valence-electron chi connectivity index (χ3n) is 6.51. The number of unbranched alkanes of at least 4 members (excludes halogenated alkanes) is 1. The van der Waals surface area contributed by atoms with E-state index in [-0.39, 0.29) is 23.0 Å². The van der Waals surface area contributed by atoms with Crippen LogP contribution in [0.15, 0.2) is 83.8 Å². The molecule has 0 aliphatic heterocycles. The van der Waals surface area contributed by atoms with E-state index in [9.17, 15) is 18.0 Å². The number of para-hydroxylation sites is 2. The summed E-state index contributed by atoms with van der Waals surface area (Å²) in [6.07, 6.45) is 1.74. The molecule has 0 fully saturated rings. The first-order valence-electron chi connectivity index (χ1n) is 13.6. The van der Waals surface area contributed by atoms with Crippen molar-refractivity contribution in [3.63, 3.8) is 0 Å². The minimum Gasteiger partial charge on any atom is -0.492 e. The third kappa shape index (κ3) is 7.85. The summed E-state index contributed by atoms with van der Waals surface area (Å²) in [5.41, 5.74) is 1.98. The molecule has 1 N–H and O–H groups in total. The number of nitrogens with one attached hydrogen (secondary N) is 1. The Labute approximate surface area is 238 Å². The maximum absolute atomic E-state index is 14.0. The fourth-order valence-electron chi connectivity index (χ4n) is 4.19. The Morgan fingerprint density at radius 3 is 2.23 bits per heavy atom. The summed E-state index contributed by atoms with van der Waals surface area (Å²) in [5.74, 6) is -0.460. The molecular formula is C31H39N3O5S. The van der Waals surface area contributed by atoms with Gasteiger partial charge in [-0.2, -0.15) is 0 Å². The van der Waals surface area contributed by atoms with Crippen LogP contribution in [0.1, 0.15) is 44.7 Å². The first kappa shape index (κ1) is 30.7.